The highest BCUT2D eigenvalue weighted by atomic mass is 35.5. The molecule has 1 amide bonds. The fraction of sp³-hybridized carbons (Fsp3) is 0.364. The Morgan fingerprint density at radius 1 is 1.25 bits per heavy atom. The highest BCUT2D eigenvalue weighted by Crippen LogP contribution is 2.36. The second-order valence-corrected chi connectivity index (χ2v) is 7.20. The molecular weight excluding hydrogens is 347 g/mol. The molecule has 9 heteroatoms. The summed E-state index contributed by atoms with van der Waals surface area (Å²) in [7, 11) is -4.10. The molecule has 2 rings (SSSR count). The summed E-state index contributed by atoms with van der Waals surface area (Å²) in [6.07, 6.45) is 2.76. The molecule has 110 valence electrons. The third-order valence-electron chi connectivity index (χ3n) is 3.10. The van der Waals surface area contributed by atoms with Gasteiger partial charge in [-0.1, -0.05) is 34.8 Å². The van der Waals surface area contributed by atoms with Crippen molar-refractivity contribution in [2.75, 3.05) is 0 Å². The molecule has 0 spiro atoms. The van der Waals surface area contributed by atoms with Gasteiger partial charge in [0.25, 0.3) is 5.91 Å². The van der Waals surface area contributed by atoms with Gasteiger partial charge in [-0.3, -0.25) is 4.79 Å². The van der Waals surface area contributed by atoms with E-state index in [0.29, 0.717) is 0 Å². The Kier molecular flexibility index (Phi) is 4.51. The highest BCUT2D eigenvalue weighted by Gasteiger charge is 2.28. The normalized spacial score (nSPS) is 15.8. The minimum atomic E-state index is -4.10. The first-order chi connectivity index (χ1) is 9.21. The zero-order valence-corrected chi connectivity index (χ0v) is 13.2. The molecule has 0 aliphatic heterocycles. The predicted octanol–water partition coefficient (Wildman–Crippen LogP) is 2.58. The van der Waals surface area contributed by atoms with Gasteiger partial charge in [-0.15, -0.1) is 0 Å². The molecule has 0 saturated heterocycles. The molecule has 0 aromatic heterocycles. The van der Waals surface area contributed by atoms with Crippen LogP contribution < -0.4 is 10.5 Å². The Balaban J connectivity index is 2.50. The number of nitrogens with two attached hydrogens (primary N) is 1. The van der Waals surface area contributed by atoms with E-state index in [0.717, 1.165) is 25.3 Å². The number of hydrogen-bond donors (Lipinski definition) is 2. The maximum Gasteiger partial charge on any atom is 0.254 e. The summed E-state index contributed by atoms with van der Waals surface area (Å²) in [6, 6.07) is 1.08. The number of rotatable bonds is 3. The summed E-state index contributed by atoms with van der Waals surface area (Å²) in [4.78, 5) is 11.7. The Bertz CT molecular complexity index is 672. The van der Waals surface area contributed by atoms with E-state index in [9.17, 15) is 13.2 Å². The van der Waals surface area contributed by atoms with Crippen molar-refractivity contribution in [3.63, 3.8) is 0 Å². The molecule has 1 aromatic carbocycles. The average molecular weight is 358 g/mol. The Morgan fingerprint density at radius 2 is 1.85 bits per heavy atom. The van der Waals surface area contributed by atoms with Gasteiger partial charge in [0.1, 0.15) is 4.90 Å². The molecular formula is C11H11Cl3N2O3S. The lowest BCUT2D eigenvalue weighted by Gasteiger charge is -2.26. The topological polar surface area (TPSA) is 89.3 Å². The third kappa shape index (κ3) is 3.04. The van der Waals surface area contributed by atoms with Gasteiger partial charge in [-0.25, -0.2) is 13.6 Å². The predicted molar refractivity (Wildman–Crippen MR) is 78.0 cm³/mol. The van der Waals surface area contributed by atoms with Crippen LogP contribution in [0.5, 0.6) is 0 Å². The SMILES string of the molecule is NS(=O)(=O)c1cc(Cl)c(Cl)c(C(=O)NC2CCC2)c1Cl. The number of sulfonamides is 1. The third-order valence-corrected chi connectivity index (χ3v) is 5.32. The molecule has 20 heavy (non-hydrogen) atoms. The second-order valence-electron chi connectivity index (χ2n) is 4.51. The van der Waals surface area contributed by atoms with Gasteiger partial charge in [0.05, 0.1) is 20.6 Å². The Labute approximate surface area is 131 Å². The van der Waals surface area contributed by atoms with Crippen molar-refractivity contribution >= 4 is 50.7 Å². The van der Waals surface area contributed by atoms with Crippen LogP contribution in [0.2, 0.25) is 15.1 Å². The number of amides is 1. The van der Waals surface area contributed by atoms with Gasteiger partial charge in [-0.2, -0.15) is 0 Å². The van der Waals surface area contributed by atoms with Crippen molar-refractivity contribution in [1.82, 2.24) is 5.32 Å². The van der Waals surface area contributed by atoms with Crippen molar-refractivity contribution in [1.29, 1.82) is 0 Å². The summed E-state index contributed by atoms with van der Waals surface area (Å²) in [5.41, 5.74) is -0.170. The molecule has 1 fully saturated rings. The van der Waals surface area contributed by atoms with Crippen molar-refractivity contribution in [2.45, 2.75) is 30.2 Å². The van der Waals surface area contributed by atoms with E-state index in [4.69, 9.17) is 39.9 Å². The lowest BCUT2D eigenvalue weighted by molar-refractivity contribution is 0.0917. The van der Waals surface area contributed by atoms with Gasteiger partial charge in [-0.05, 0) is 25.3 Å². The summed E-state index contributed by atoms with van der Waals surface area (Å²) in [6.45, 7) is 0. The minimum absolute atomic E-state index is 0.0477. The molecule has 0 bridgehead atoms. The first-order valence-electron chi connectivity index (χ1n) is 5.73. The summed E-state index contributed by atoms with van der Waals surface area (Å²) in [5.74, 6) is -0.558. The van der Waals surface area contributed by atoms with Gasteiger partial charge in [0.2, 0.25) is 10.0 Å². The van der Waals surface area contributed by atoms with Crippen molar-refractivity contribution in [3.8, 4) is 0 Å². The maximum atomic E-state index is 12.1. The molecule has 0 unspecified atom stereocenters. The number of hydrogen-bond acceptors (Lipinski definition) is 3. The zero-order chi connectivity index (χ0) is 15.1. The Hall–Kier alpha value is -0.530. The van der Waals surface area contributed by atoms with Crippen LogP contribution in [0.25, 0.3) is 0 Å². The average Bonchev–Trinajstić information content (AvgIpc) is 2.27. The van der Waals surface area contributed by atoms with Gasteiger partial charge in [0, 0.05) is 6.04 Å². The number of carbonyl (C=O) groups excluding carboxylic acids is 1. The van der Waals surface area contributed by atoms with Crippen LogP contribution in [-0.4, -0.2) is 20.4 Å². The number of carbonyl (C=O) groups is 1. The summed E-state index contributed by atoms with van der Waals surface area (Å²) in [5, 5.41) is 7.24. The molecule has 0 heterocycles. The van der Waals surface area contributed by atoms with Gasteiger partial charge < -0.3 is 5.32 Å². The molecule has 5 nitrogen and oxygen atoms in total. The van der Waals surface area contributed by atoms with Crippen molar-refractivity contribution in [3.05, 3.63) is 26.7 Å². The quantitative estimate of drug-likeness (QED) is 0.815. The molecule has 1 saturated carbocycles. The molecule has 1 aliphatic carbocycles. The lowest BCUT2D eigenvalue weighted by Crippen LogP contribution is -2.39. The molecule has 0 radical (unpaired) electrons. The number of nitrogens with one attached hydrogen (secondary N) is 1. The molecule has 3 N–H and O–H groups in total. The summed E-state index contributed by atoms with van der Waals surface area (Å²) >= 11 is 17.7. The zero-order valence-electron chi connectivity index (χ0n) is 10.1. The second kappa shape index (κ2) is 5.69. The van der Waals surface area contributed by atoms with E-state index in [1.807, 2.05) is 0 Å². The molecule has 1 aromatic rings. The van der Waals surface area contributed by atoms with Crippen LogP contribution in [0.1, 0.15) is 29.6 Å². The number of primary sulfonamides is 1. The maximum absolute atomic E-state index is 12.1. The van der Waals surface area contributed by atoms with Crippen LogP contribution in [0.3, 0.4) is 0 Å². The van der Waals surface area contributed by atoms with Crippen LogP contribution in [-0.2, 0) is 10.0 Å². The summed E-state index contributed by atoms with van der Waals surface area (Å²) < 4.78 is 22.9. The van der Waals surface area contributed by atoms with Crippen molar-refractivity contribution in [2.24, 2.45) is 5.14 Å². The van der Waals surface area contributed by atoms with E-state index in [-0.39, 0.29) is 26.7 Å². The highest BCUT2D eigenvalue weighted by molar-refractivity contribution is 7.89. The van der Waals surface area contributed by atoms with Gasteiger partial charge >= 0.3 is 0 Å². The standard InChI is InChI=1S/C11H11Cl3N2O3S/c12-6-4-7(20(15,18)19)10(14)8(9(6)13)11(17)16-5-2-1-3-5/h4-5H,1-3H2,(H,16,17)(H2,15,18,19). The molecule has 1 aliphatic rings. The van der Waals surface area contributed by atoms with Crippen LogP contribution in [0.15, 0.2) is 11.0 Å². The molecule has 0 atom stereocenters. The van der Waals surface area contributed by atoms with E-state index in [1.165, 1.54) is 0 Å². The largest absolute Gasteiger partial charge is 0.349 e. The fourth-order valence-corrected chi connectivity index (χ4v) is 3.54. The van der Waals surface area contributed by atoms with Crippen LogP contribution >= 0.6 is 34.8 Å². The van der Waals surface area contributed by atoms with Gasteiger partial charge in [0.15, 0.2) is 0 Å². The first-order valence-corrected chi connectivity index (χ1v) is 8.41. The monoisotopic (exact) mass is 356 g/mol. The first kappa shape index (κ1) is 15.9. The van der Waals surface area contributed by atoms with Crippen molar-refractivity contribution < 1.29 is 13.2 Å². The van der Waals surface area contributed by atoms with Crippen LogP contribution in [0.4, 0.5) is 0 Å². The minimum Gasteiger partial charge on any atom is -0.349 e. The lowest BCUT2D eigenvalue weighted by atomic mass is 9.93. The Morgan fingerprint density at radius 3 is 2.30 bits per heavy atom. The number of benzene rings is 1. The van der Waals surface area contributed by atoms with E-state index < -0.39 is 20.8 Å². The van der Waals surface area contributed by atoms with E-state index >= 15 is 0 Å². The van der Waals surface area contributed by atoms with Crippen LogP contribution in [0, 0.1) is 0 Å². The fourth-order valence-electron chi connectivity index (χ4n) is 1.80. The smallest absolute Gasteiger partial charge is 0.254 e. The van der Waals surface area contributed by atoms with E-state index in [1.54, 1.807) is 0 Å². The van der Waals surface area contributed by atoms with E-state index in [2.05, 4.69) is 5.32 Å². The number of halogens is 3.